The van der Waals surface area contributed by atoms with E-state index < -0.39 is 0 Å². The maximum Gasteiger partial charge on any atom is 0.165 e. The molecule has 4 aliphatic rings. The van der Waals surface area contributed by atoms with Crippen LogP contribution in [-0.2, 0) is 0 Å². The molecule has 0 amide bonds. The smallest absolute Gasteiger partial charge is 0.165 e. The first kappa shape index (κ1) is 33.5. The minimum absolute atomic E-state index is 0.145. The molecule has 2 bridgehead atoms. The number of nitrogens with zero attached hydrogens (tertiary/aromatic N) is 6. The van der Waals surface area contributed by atoms with Crippen LogP contribution in [0.3, 0.4) is 0 Å². The molecule has 4 N–H and O–H groups in total. The van der Waals surface area contributed by atoms with E-state index in [0.717, 1.165) is 54.4 Å². The van der Waals surface area contributed by atoms with Gasteiger partial charge in [-0.2, -0.15) is 0 Å². The van der Waals surface area contributed by atoms with Crippen LogP contribution in [0.15, 0.2) is 80.3 Å². The summed E-state index contributed by atoms with van der Waals surface area (Å²) >= 11 is 0. The fourth-order valence-corrected chi connectivity index (χ4v) is 6.66. The van der Waals surface area contributed by atoms with Crippen molar-refractivity contribution in [3.05, 3.63) is 71.5 Å². The molecule has 9 nitrogen and oxygen atoms in total. The number of piperidine rings is 2. The van der Waals surface area contributed by atoms with Gasteiger partial charge in [-0.1, -0.05) is 6.08 Å². The molecule has 0 spiro atoms. The number of nitrogens with two attached hydrogens (primary N) is 1. The number of benzene rings is 2. The second-order valence-electron chi connectivity index (χ2n) is 15.4. The van der Waals surface area contributed by atoms with E-state index in [2.05, 4.69) is 98.4 Å². The maximum absolute atomic E-state index is 6.44. The summed E-state index contributed by atoms with van der Waals surface area (Å²) in [5.74, 6) is 2.20. The van der Waals surface area contributed by atoms with Crippen LogP contribution in [0.4, 0.5) is 22.7 Å². The Morgan fingerprint density at radius 2 is 1.12 bits per heavy atom. The van der Waals surface area contributed by atoms with E-state index in [1.54, 1.807) is 0 Å². The van der Waals surface area contributed by atoms with Crippen molar-refractivity contribution in [1.82, 2.24) is 0 Å². The zero-order chi connectivity index (χ0) is 33.9. The van der Waals surface area contributed by atoms with Crippen molar-refractivity contribution in [2.75, 3.05) is 46.6 Å². The number of fused-ring (bicyclic) bond motifs is 2. The standard InChI is InChI=1S/C39H53N9/c1-38(2,3)45-32-25-28(47-20-9-7-10-21-47)16-18-30(32)36-41-27-14-13-15-34(40)42-37(44-35(24-27)43-36)31-19-17-29(48-22-11-8-12-23-48)26-33(31)46-39(4,5)6/h13-19,25-26,45-46H,7-12,20-24H2,1-6H3,(H2,40,41,42,43,44). The van der Waals surface area contributed by atoms with Gasteiger partial charge in [0.15, 0.2) is 11.7 Å². The maximum atomic E-state index is 6.44. The van der Waals surface area contributed by atoms with Crippen molar-refractivity contribution in [3.63, 3.8) is 0 Å². The fraction of sp³-hybridized carbons (Fsp3) is 0.487. The van der Waals surface area contributed by atoms with Crippen LogP contribution in [0.5, 0.6) is 0 Å². The number of nitrogens with one attached hydrogen (secondary N) is 2. The number of rotatable bonds is 6. The SMILES string of the molecule is CC(C)(C)Nc1cc(N2CCCCC2)ccc1C1=NC2=NC(c3ccc(N4CCCCC4)cc3NC(C)(C)C)=N/C(=C/C=C\C(N)=N1)C2. The monoisotopic (exact) mass is 647 g/mol. The van der Waals surface area contributed by atoms with Gasteiger partial charge in [-0.15, -0.1) is 0 Å². The van der Waals surface area contributed by atoms with Gasteiger partial charge >= 0.3 is 0 Å². The zero-order valence-corrected chi connectivity index (χ0v) is 29.7. The molecule has 0 aromatic heterocycles. The molecule has 0 aliphatic carbocycles. The summed E-state index contributed by atoms with van der Waals surface area (Å²) in [6, 6.07) is 13.2. The molecule has 2 fully saturated rings. The number of amidine groups is 4. The van der Waals surface area contributed by atoms with Crippen molar-refractivity contribution >= 4 is 46.1 Å². The van der Waals surface area contributed by atoms with E-state index in [1.165, 1.54) is 49.9 Å². The van der Waals surface area contributed by atoms with Crippen LogP contribution in [-0.4, -0.2) is 60.6 Å². The van der Waals surface area contributed by atoms with Crippen LogP contribution in [0.1, 0.15) is 97.6 Å². The highest BCUT2D eigenvalue weighted by Crippen LogP contribution is 2.32. The minimum atomic E-state index is -0.171. The number of hydrogen-bond donors (Lipinski definition) is 3. The van der Waals surface area contributed by atoms with Gasteiger partial charge in [0, 0.05) is 71.1 Å². The predicted octanol–water partition coefficient (Wildman–Crippen LogP) is 7.89. The number of allylic oxidation sites excluding steroid dienone is 2. The van der Waals surface area contributed by atoms with Gasteiger partial charge in [-0.25, -0.2) is 20.0 Å². The molecule has 254 valence electrons. The largest absolute Gasteiger partial charge is 0.384 e. The number of anilines is 4. The topological polar surface area (TPSA) is 106 Å². The van der Waals surface area contributed by atoms with Crippen molar-refractivity contribution in [2.45, 2.75) is 97.6 Å². The molecular weight excluding hydrogens is 594 g/mol. The lowest BCUT2D eigenvalue weighted by Crippen LogP contribution is -2.31. The van der Waals surface area contributed by atoms with Crippen molar-refractivity contribution in [2.24, 2.45) is 25.7 Å². The van der Waals surface area contributed by atoms with Crippen molar-refractivity contribution < 1.29 is 0 Å². The van der Waals surface area contributed by atoms with Crippen LogP contribution in [0, 0.1) is 0 Å². The Morgan fingerprint density at radius 3 is 1.62 bits per heavy atom. The van der Waals surface area contributed by atoms with Crippen LogP contribution in [0.2, 0.25) is 0 Å². The average Bonchev–Trinajstić information content (AvgIpc) is 3.03. The fourth-order valence-electron chi connectivity index (χ4n) is 6.66. The summed E-state index contributed by atoms with van der Waals surface area (Å²) in [5, 5.41) is 7.48. The highest BCUT2D eigenvalue weighted by molar-refractivity contribution is 6.19. The Hall–Kier alpha value is -4.40. The van der Waals surface area contributed by atoms with E-state index in [-0.39, 0.29) is 11.1 Å². The summed E-state index contributed by atoms with van der Waals surface area (Å²) in [4.78, 5) is 25.1. The molecule has 4 heterocycles. The number of hydrogen-bond acceptors (Lipinski definition) is 9. The highest BCUT2D eigenvalue weighted by atomic mass is 15.1. The molecule has 9 heteroatoms. The van der Waals surface area contributed by atoms with Crippen LogP contribution >= 0.6 is 0 Å². The number of aliphatic imine (C=N–C) groups is 4. The third-order valence-corrected chi connectivity index (χ3v) is 8.80. The van der Waals surface area contributed by atoms with Gasteiger partial charge < -0.3 is 26.2 Å². The lowest BCUT2D eigenvalue weighted by atomic mass is 10.0. The lowest BCUT2D eigenvalue weighted by molar-refractivity contribution is 0.577. The van der Waals surface area contributed by atoms with Crippen molar-refractivity contribution in [1.29, 1.82) is 0 Å². The first-order chi connectivity index (χ1) is 22.9. The van der Waals surface area contributed by atoms with E-state index in [0.29, 0.717) is 29.8 Å². The van der Waals surface area contributed by atoms with Gasteiger partial charge in [-0.05, 0) is 129 Å². The van der Waals surface area contributed by atoms with Crippen LogP contribution < -0.4 is 26.2 Å². The van der Waals surface area contributed by atoms with Crippen molar-refractivity contribution in [3.8, 4) is 0 Å². The normalized spacial score (nSPS) is 20.8. The Bertz CT molecular complexity index is 1680. The molecule has 2 aromatic carbocycles. The lowest BCUT2D eigenvalue weighted by Gasteiger charge is -2.31. The molecule has 0 unspecified atom stereocenters. The average molecular weight is 648 g/mol. The van der Waals surface area contributed by atoms with E-state index in [9.17, 15) is 0 Å². The highest BCUT2D eigenvalue weighted by Gasteiger charge is 2.24. The second kappa shape index (κ2) is 14.0. The summed E-state index contributed by atoms with van der Waals surface area (Å²) in [7, 11) is 0. The first-order valence-electron chi connectivity index (χ1n) is 17.7. The van der Waals surface area contributed by atoms with E-state index >= 15 is 0 Å². The van der Waals surface area contributed by atoms with Gasteiger partial charge in [0.1, 0.15) is 11.7 Å². The molecule has 48 heavy (non-hydrogen) atoms. The molecule has 2 aromatic rings. The molecule has 6 rings (SSSR count). The van der Waals surface area contributed by atoms with Gasteiger partial charge in [-0.3, -0.25) is 0 Å². The quantitative estimate of drug-likeness (QED) is 0.296. The second-order valence-corrected chi connectivity index (χ2v) is 15.4. The summed E-state index contributed by atoms with van der Waals surface area (Å²) in [5.41, 5.74) is 13.3. The zero-order valence-electron chi connectivity index (χ0n) is 29.7. The minimum Gasteiger partial charge on any atom is -0.384 e. The molecule has 2 saturated heterocycles. The Labute approximate surface area is 286 Å². The molecule has 0 radical (unpaired) electrons. The Balaban J connectivity index is 1.44. The Morgan fingerprint density at radius 1 is 0.625 bits per heavy atom. The summed E-state index contributed by atoms with van der Waals surface area (Å²) in [6.07, 6.45) is 13.7. The predicted molar refractivity (Wildman–Crippen MR) is 206 cm³/mol. The van der Waals surface area contributed by atoms with Crippen LogP contribution in [0.25, 0.3) is 0 Å². The van der Waals surface area contributed by atoms with E-state index in [1.807, 2.05) is 18.2 Å². The summed E-state index contributed by atoms with van der Waals surface area (Å²) in [6.45, 7) is 17.4. The first-order valence-corrected chi connectivity index (χ1v) is 17.7. The third-order valence-electron chi connectivity index (χ3n) is 8.80. The molecular formula is C39H53N9. The van der Waals surface area contributed by atoms with Gasteiger partial charge in [0.05, 0.1) is 12.1 Å². The summed E-state index contributed by atoms with van der Waals surface area (Å²) < 4.78 is 0. The molecule has 4 aliphatic heterocycles. The Kier molecular flexibility index (Phi) is 9.76. The van der Waals surface area contributed by atoms with Gasteiger partial charge in [0.2, 0.25) is 0 Å². The molecule has 0 saturated carbocycles. The molecule has 0 atom stereocenters. The third kappa shape index (κ3) is 8.54. The van der Waals surface area contributed by atoms with E-state index in [4.69, 9.17) is 25.7 Å². The van der Waals surface area contributed by atoms with Gasteiger partial charge in [0.25, 0.3) is 0 Å².